The molecule has 8 nitrogen and oxygen atoms in total. The van der Waals surface area contributed by atoms with Crippen molar-refractivity contribution in [3.05, 3.63) is 18.1 Å². The minimum atomic E-state index is -0.968. The van der Waals surface area contributed by atoms with Crippen molar-refractivity contribution in [1.82, 2.24) is 19.7 Å². The number of nitrogens with one attached hydrogen (secondary N) is 1. The number of aryl methyl sites for hydroxylation is 1. The maximum Gasteiger partial charge on any atom is 0.326 e. The summed E-state index contributed by atoms with van der Waals surface area (Å²) in [6, 6.07) is -0.905. The van der Waals surface area contributed by atoms with E-state index in [1.54, 1.807) is 6.20 Å². The van der Waals surface area contributed by atoms with Crippen LogP contribution in [0.2, 0.25) is 0 Å². The molecule has 1 fully saturated rings. The minimum absolute atomic E-state index is 0.268. The van der Waals surface area contributed by atoms with E-state index in [9.17, 15) is 14.7 Å². The van der Waals surface area contributed by atoms with Gasteiger partial charge in [0.1, 0.15) is 6.04 Å². The first kappa shape index (κ1) is 17.4. The van der Waals surface area contributed by atoms with Crippen molar-refractivity contribution in [1.29, 1.82) is 0 Å². The first-order chi connectivity index (χ1) is 11.9. The molecule has 0 unspecified atom stereocenters. The van der Waals surface area contributed by atoms with E-state index in [-0.39, 0.29) is 6.04 Å². The number of carbonyl (C=O) groups is 2. The summed E-state index contributed by atoms with van der Waals surface area (Å²) < 4.78 is 1.87. The first-order valence-electron chi connectivity index (χ1n) is 8.19. The first-order valence-corrected chi connectivity index (χ1v) is 9.01. The number of hydrogen-bond acceptors (Lipinski definition) is 5. The fraction of sp³-hybridized carbons (Fsp3) is 0.500. The number of nitrogens with zero attached hydrogens (tertiary/aromatic N) is 4. The van der Waals surface area contributed by atoms with E-state index < -0.39 is 18.0 Å². The van der Waals surface area contributed by atoms with Gasteiger partial charge < -0.3 is 10.0 Å². The summed E-state index contributed by atoms with van der Waals surface area (Å²) in [5, 5.41) is 16.7. The summed E-state index contributed by atoms with van der Waals surface area (Å²) in [5.41, 5.74) is 1.76. The number of aromatic nitrogens is 3. The third-order valence-corrected chi connectivity index (χ3v) is 5.32. The summed E-state index contributed by atoms with van der Waals surface area (Å²) in [4.78, 5) is 30.3. The predicted molar refractivity (Wildman–Crippen MR) is 94.8 cm³/mol. The van der Waals surface area contributed by atoms with Gasteiger partial charge in [0.05, 0.1) is 16.8 Å². The van der Waals surface area contributed by atoms with Gasteiger partial charge in [-0.15, -0.1) is 0 Å². The van der Waals surface area contributed by atoms with E-state index in [0.29, 0.717) is 24.5 Å². The lowest BCUT2D eigenvalue weighted by Crippen LogP contribution is -2.42. The van der Waals surface area contributed by atoms with Crippen LogP contribution in [0, 0.1) is 6.92 Å². The SMILES string of the molecule is Cc1nc(NC(=O)N2CCC[C@H]2C(=O)O)sc1-c1cnn(C(C)C)c1. The molecule has 2 aromatic heterocycles. The lowest BCUT2D eigenvalue weighted by atomic mass is 10.2. The van der Waals surface area contributed by atoms with Gasteiger partial charge in [0, 0.05) is 24.3 Å². The number of carbonyl (C=O) groups excluding carboxylic acids is 1. The quantitative estimate of drug-likeness (QED) is 0.870. The molecule has 0 saturated carbocycles. The molecule has 2 aromatic rings. The predicted octanol–water partition coefficient (Wildman–Crippen LogP) is 2.98. The Kier molecular flexibility index (Phi) is 4.76. The Hall–Kier alpha value is -2.42. The van der Waals surface area contributed by atoms with E-state index in [1.165, 1.54) is 16.2 Å². The van der Waals surface area contributed by atoms with Crippen LogP contribution in [-0.4, -0.2) is 49.4 Å². The second-order valence-electron chi connectivity index (χ2n) is 6.36. The molecule has 134 valence electrons. The highest BCUT2D eigenvalue weighted by Gasteiger charge is 2.34. The van der Waals surface area contributed by atoms with Crippen molar-refractivity contribution < 1.29 is 14.7 Å². The Morgan fingerprint density at radius 2 is 2.20 bits per heavy atom. The Bertz CT molecular complexity index is 798. The summed E-state index contributed by atoms with van der Waals surface area (Å²) in [5.74, 6) is -0.968. The maximum absolute atomic E-state index is 12.4. The Balaban J connectivity index is 1.76. The number of urea groups is 1. The van der Waals surface area contributed by atoms with Crippen LogP contribution in [-0.2, 0) is 4.79 Å². The van der Waals surface area contributed by atoms with Crippen LogP contribution in [0.5, 0.6) is 0 Å². The molecule has 1 aliphatic rings. The molecule has 1 saturated heterocycles. The smallest absolute Gasteiger partial charge is 0.326 e. The molecular formula is C16H21N5O3S. The molecule has 1 atom stereocenters. The zero-order chi connectivity index (χ0) is 18.1. The number of carboxylic acid groups (broad SMARTS) is 1. The van der Waals surface area contributed by atoms with Crippen molar-refractivity contribution in [2.75, 3.05) is 11.9 Å². The summed E-state index contributed by atoms with van der Waals surface area (Å²) >= 11 is 1.36. The number of likely N-dealkylation sites (tertiary alicyclic amines) is 1. The fourth-order valence-corrected chi connectivity index (χ4v) is 3.82. The van der Waals surface area contributed by atoms with Crippen LogP contribution in [0.25, 0.3) is 10.4 Å². The molecule has 2 N–H and O–H groups in total. The van der Waals surface area contributed by atoms with Gasteiger partial charge in [0.2, 0.25) is 0 Å². The Morgan fingerprint density at radius 3 is 2.84 bits per heavy atom. The van der Waals surface area contributed by atoms with Crippen LogP contribution in [0.3, 0.4) is 0 Å². The van der Waals surface area contributed by atoms with E-state index in [0.717, 1.165) is 16.1 Å². The Labute approximate surface area is 149 Å². The molecule has 3 heterocycles. The molecule has 0 spiro atoms. The largest absolute Gasteiger partial charge is 0.480 e. The van der Waals surface area contributed by atoms with Gasteiger partial charge >= 0.3 is 12.0 Å². The van der Waals surface area contributed by atoms with Crippen LogP contribution >= 0.6 is 11.3 Å². The molecule has 1 aliphatic heterocycles. The van der Waals surface area contributed by atoms with Gasteiger partial charge in [-0.2, -0.15) is 5.10 Å². The highest BCUT2D eigenvalue weighted by molar-refractivity contribution is 7.19. The Morgan fingerprint density at radius 1 is 1.44 bits per heavy atom. The average Bonchev–Trinajstić information content (AvgIpc) is 3.25. The highest BCUT2D eigenvalue weighted by atomic mass is 32.1. The number of thiazole rings is 1. The molecule has 0 aromatic carbocycles. The second-order valence-corrected chi connectivity index (χ2v) is 7.36. The third kappa shape index (κ3) is 3.51. The number of aliphatic carboxylic acids is 1. The van der Waals surface area contributed by atoms with Gasteiger partial charge in [-0.25, -0.2) is 14.6 Å². The van der Waals surface area contributed by atoms with E-state index in [1.807, 2.05) is 17.8 Å². The molecule has 0 bridgehead atoms. The zero-order valence-electron chi connectivity index (χ0n) is 14.4. The van der Waals surface area contributed by atoms with Crippen LogP contribution < -0.4 is 5.32 Å². The molecule has 0 aliphatic carbocycles. The molecule has 25 heavy (non-hydrogen) atoms. The fourth-order valence-electron chi connectivity index (χ4n) is 2.89. The normalized spacial score (nSPS) is 17.3. The van der Waals surface area contributed by atoms with E-state index in [4.69, 9.17) is 0 Å². The summed E-state index contributed by atoms with van der Waals surface area (Å²) in [7, 11) is 0. The van der Waals surface area contributed by atoms with Crippen molar-refractivity contribution >= 4 is 28.5 Å². The van der Waals surface area contributed by atoms with Gasteiger partial charge in [-0.3, -0.25) is 10.00 Å². The summed E-state index contributed by atoms with van der Waals surface area (Å²) in [6.07, 6.45) is 4.92. The molecule has 0 radical (unpaired) electrons. The van der Waals surface area contributed by atoms with Crippen LogP contribution in [0.1, 0.15) is 38.4 Å². The van der Waals surface area contributed by atoms with Gasteiger partial charge in [0.15, 0.2) is 5.13 Å². The second kappa shape index (κ2) is 6.83. The lowest BCUT2D eigenvalue weighted by molar-refractivity contribution is -0.141. The van der Waals surface area contributed by atoms with Gasteiger partial charge in [0.25, 0.3) is 0 Å². The topological polar surface area (TPSA) is 100 Å². The van der Waals surface area contributed by atoms with Gasteiger partial charge in [-0.1, -0.05) is 11.3 Å². The zero-order valence-corrected chi connectivity index (χ0v) is 15.2. The molecule has 3 rings (SSSR count). The number of hydrogen-bond donors (Lipinski definition) is 2. The molecular weight excluding hydrogens is 342 g/mol. The number of carboxylic acids is 1. The monoisotopic (exact) mass is 363 g/mol. The van der Waals surface area contributed by atoms with Crippen LogP contribution in [0.15, 0.2) is 12.4 Å². The number of anilines is 1. The maximum atomic E-state index is 12.4. The lowest BCUT2D eigenvalue weighted by Gasteiger charge is -2.20. The van der Waals surface area contributed by atoms with E-state index in [2.05, 4.69) is 29.2 Å². The van der Waals surface area contributed by atoms with Crippen molar-refractivity contribution in [2.24, 2.45) is 0 Å². The number of rotatable bonds is 4. The van der Waals surface area contributed by atoms with Crippen molar-refractivity contribution in [3.63, 3.8) is 0 Å². The molecule has 9 heteroatoms. The summed E-state index contributed by atoms with van der Waals surface area (Å²) in [6.45, 7) is 6.43. The minimum Gasteiger partial charge on any atom is -0.480 e. The highest BCUT2D eigenvalue weighted by Crippen LogP contribution is 2.33. The van der Waals surface area contributed by atoms with Gasteiger partial charge in [-0.05, 0) is 33.6 Å². The average molecular weight is 363 g/mol. The molecule has 2 amide bonds. The van der Waals surface area contributed by atoms with E-state index >= 15 is 0 Å². The van der Waals surface area contributed by atoms with Crippen molar-refractivity contribution in [3.8, 4) is 10.4 Å². The number of amides is 2. The van der Waals surface area contributed by atoms with Crippen molar-refractivity contribution in [2.45, 2.75) is 45.7 Å². The third-order valence-electron chi connectivity index (χ3n) is 4.20. The van der Waals surface area contributed by atoms with Crippen LogP contribution in [0.4, 0.5) is 9.93 Å². The standard InChI is InChI=1S/C16H21N5O3S/c1-9(2)21-8-11(7-17-21)13-10(3)18-15(25-13)19-16(24)20-6-4-5-12(20)14(22)23/h7-9,12H,4-6H2,1-3H3,(H,22,23)(H,18,19,24)/t12-/m0/s1.